The largest absolute Gasteiger partial charge is 0.384 e. The lowest BCUT2D eigenvalue weighted by Crippen LogP contribution is -2.46. The molecule has 1 amide bonds. The molecule has 1 aromatic carbocycles. The summed E-state index contributed by atoms with van der Waals surface area (Å²) in [6, 6.07) is 11.6. The Morgan fingerprint density at radius 1 is 1.06 bits per heavy atom. The molecule has 4 rings (SSSR count). The summed E-state index contributed by atoms with van der Waals surface area (Å²) in [5.41, 5.74) is 6.94. The van der Waals surface area contributed by atoms with Gasteiger partial charge in [-0.15, -0.1) is 0 Å². The normalized spacial score (nSPS) is 20.0. The molecule has 166 valence electrons. The van der Waals surface area contributed by atoms with Crippen LogP contribution < -0.4 is 5.73 Å². The van der Waals surface area contributed by atoms with Crippen LogP contribution in [-0.4, -0.2) is 56.3 Å². The summed E-state index contributed by atoms with van der Waals surface area (Å²) in [7, 11) is -1.02. The monoisotopic (exact) mass is 504 g/mol. The van der Waals surface area contributed by atoms with Crippen LogP contribution in [0.3, 0.4) is 0 Å². The molecule has 2 aliphatic heterocycles. The van der Waals surface area contributed by atoms with Gasteiger partial charge < -0.3 is 10.6 Å². The zero-order valence-corrected chi connectivity index (χ0v) is 20.0. The summed E-state index contributed by atoms with van der Waals surface area (Å²) in [4.78, 5) is 22.3. The molecule has 2 aliphatic rings. The zero-order chi connectivity index (χ0) is 21.8. The molecule has 2 aromatic rings. The predicted octanol–water partition coefficient (Wildman–Crippen LogP) is 3.44. The van der Waals surface area contributed by atoms with Gasteiger partial charge in [-0.1, -0.05) is 15.9 Å². The van der Waals surface area contributed by atoms with E-state index >= 15 is 0 Å². The Hall–Kier alpha value is -1.77. The van der Waals surface area contributed by atoms with E-state index < -0.39 is 10.8 Å². The van der Waals surface area contributed by atoms with Crippen LogP contribution in [0.4, 0.5) is 5.82 Å². The highest BCUT2D eigenvalue weighted by Crippen LogP contribution is 2.26. The number of pyridine rings is 1. The van der Waals surface area contributed by atoms with Crippen LogP contribution in [0.15, 0.2) is 52.0 Å². The number of anilines is 1. The third kappa shape index (κ3) is 5.73. The molecule has 2 N–H and O–H groups in total. The number of aromatic nitrogens is 1. The Morgan fingerprint density at radius 2 is 1.74 bits per heavy atom. The van der Waals surface area contributed by atoms with E-state index in [0.29, 0.717) is 18.9 Å². The zero-order valence-electron chi connectivity index (χ0n) is 17.6. The van der Waals surface area contributed by atoms with E-state index in [4.69, 9.17) is 5.73 Å². The van der Waals surface area contributed by atoms with Crippen molar-refractivity contribution in [2.24, 2.45) is 5.92 Å². The number of carbonyl (C=O) groups is 1. The van der Waals surface area contributed by atoms with Crippen LogP contribution in [0.25, 0.3) is 0 Å². The number of likely N-dealkylation sites (tertiary alicyclic amines) is 2. The van der Waals surface area contributed by atoms with E-state index in [-0.39, 0.29) is 17.1 Å². The molecule has 0 saturated carbocycles. The first-order chi connectivity index (χ1) is 15.0. The van der Waals surface area contributed by atoms with Gasteiger partial charge in [-0.2, -0.15) is 0 Å². The van der Waals surface area contributed by atoms with Crippen molar-refractivity contribution in [1.82, 2.24) is 14.8 Å². The molecule has 0 spiro atoms. The summed E-state index contributed by atoms with van der Waals surface area (Å²) in [6.45, 7) is 4.11. The number of rotatable bonds is 5. The average Bonchev–Trinajstić information content (AvgIpc) is 2.79. The number of benzene rings is 1. The quantitative estimate of drug-likeness (QED) is 0.674. The maximum Gasteiger partial charge on any atom is 0.225 e. The topological polar surface area (TPSA) is 79.5 Å². The highest BCUT2D eigenvalue weighted by atomic mass is 79.9. The number of nitrogens with zero attached hydrogens (tertiary/aromatic N) is 3. The standard InChI is InChI=1S/C23H29BrN4O2S/c24-19-1-3-20(4-2-19)31(30)21-8-13-28(14-9-21)23(29)18-6-11-27(12-7-18)16-17-5-10-26-22(25)15-17/h1-5,10,15,18,21H,6-9,11-14,16H2,(H2,25,26). The van der Waals surface area contributed by atoms with Crippen LogP contribution in [0, 0.1) is 5.92 Å². The highest BCUT2D eigenvalue weighted by Gasteiger charge is 2.32. The van der Waals surface area contributed by atoms with E-state index in [2.05, 4.69) is 25.8 Å². The van der Waals surface area contributed by atoms with Crippen LogP contribution in [0.2, 0.25) is 0 Å². The maximum atomic E-state index is 13.0. The molecule has 8 heteroatoms. The van der Waals surface area contributed by atoms with Crippen molar-refractivity contribution in [2.75, 3.05) is 31.9 Å². The van der Waals surface area contributed by atoms with Gasteiger partial charge in [0.1, 0.15) is 5.82 Å². The molecule has 0 radical (unpaired) electrons. The van der Waals surface area contributed by atoms with E-state index in [1.54, 1.807) is 6.20 Å². The first-order valence-electron chi connectivity index (χ1n) is 10.9. The molecule has 31 heavy (non-hydrogen) atoms. The number of hydrogen-bond acceptors (Lipinski definition) is 5. The number of amides is 1. The molecule has 0 aliphatic carbocycles. The minimum absolute atomic E-state index is 0.104. The van der Waals surface area contributed by atoms with Gasteiger partial charge in [-0.05, 0) is 80.7 Å². The van der Waals surface area contributed by atoms with Gasteiger partial charge in [-0.3, -0.25) is 13.9 Å². The molecule has 6 nitrogen and oxygen atoms in total. The van der Waals surface area contributed by atoms with Crippen LogP contribution in [-0.2, 0) is 22.1 Å². The van der Waals surface area contributed by atoms with Gasteiger partial charge in [0.15, 0.2) is 0 Å². The van der Waals surface area contributed by atoms with Gasteiger partial charge in [0.25, 0.3) is 0 Å². The molecule has 0 bridgehead atoms. The fourth-order valence-corrected chi connectivity index (χ4v) is 6.19. The maximum absolute atomic E-state index is 13.0. The number of piperidine rings is 2. The molecule has 2 saturated heterocycles. The number of carbonyl (C=O) groups excluding carboxylic acids is 1. The second kappa shape index (κ2) is 10.2. The SMILES string of the molecule is Nc1cc(CN2CCC(C(=O)N3CCC(S(=O)c4ccc(Br)cc4)CC3)CC2)ccn1. The van der Waals surface area contributed by atoms with Crippen LogP contribution >= 0.6 is 15.9 Å². The molecular weight excluding hydrogens is 476 g/mol. The van der Waals surface area contributed by atoms with E-state index in [1.165, 1.54) is 0 Å². The highest BCUT2D eigenvalue weighted by molar-refractivity contribution is 9.10. The summed E-state index contributed by atoms with van der Waals surface area (Å²) >= 11 is 3.42. The lowest BCUT2D eigenvalue weighted by atomic mass is 9.94. The Kier molecular flexibility index (Phi) is 7.40. The van der Waals surface area contributed by atoms with Gasteiger partial charge in [0.2, 0.25) is 5.91 Å². The van der Waals surface area contributed by atoms with E-state index in [1.807, 2.05) is 41.3 Å². The van der Waals surface area contributed by atoms with Gasteiger partial charge in [-0.25, -0.2) is 4.98 Å². The lowest BCUT2D eigenvalue weighted by molar-refractivity contribution is -0.138. The van der Waals surface area contributed by atoms with Crippen molar-refractivity contribution in [2.45, 2.75) is 42.4 Å². The minimum atomic E-state index is -1.02. The third-order valence-electron chi connectivity index (χ3n) is 6.29. The van der Waals surface area contributed by atoms with Gasteiger partial charge in [0, 0.05) is 46.4 Å². The second-order valence-corrected chi connectivity index (χ2v) is 11.1. The third-order valence-corrected chi connectivity index (χ3v) is 8.63. The number of hydrogen-bond donors (Lipinski definition) is 1. The summed E-state index contributed by atoms with van der Waals surface area (Å²) in [5, 5.41) is 0.125. The minimum Gasteiger partial charge on any atom is -0.384 e. The van der Waals surface area contributed by atoms with Crippen LogP contribution in [0.1, 0.15) is 31.2 Å². The average molecular weight is 505 g/mol. The second-order valence-electron chi connectivity index (χ2n) is 8.42. The smallest absolute Gasteiger partial charge is 0.225 e. The van der Waals surface area contributed by atoms with Gasteiger partial charge in [0.05, 0.1) is 10.8 Å². The van der Waals surface area contributed by atoms with Crippen LogP contribution in [0.5, 0.6) is 0 Å². The Bertz CT molecular complexity index is 923. The number of halogens is 1. The Morgan fingerprint density at radius 3 is 2.39 bits per heavy atom. The lowest BCUT2D eigenvalue weighted by Gasteiger charge is -2.37. The van der Waals surface area contributed by atoms with Crippen molar-refractivity contribution in [1.29, 1.82) is 0 Å². The summed E-state index contributed by atoms with van der Waals surface area (Å²) in [6.07, 6.45) is 5.14. The number of nitrogens with two attached hydrogens (primary N) is 1. The van der Waals surface area contributed by atoms with Crippen molar-refractivity contribution >= 4 is 38.5 Å². The van der Waals surface area contributed by atoms with Crippen molar-refractivity contribution in [3.05, 3.63) is 52.6 Å². The molecule has 1 aromatic heterocycles. The summed E-state index contributed by atoms with van der Waals surface area (Å²) in [5.74, 6) is 0.931. The van der Waals surface area contributed by atoms with Crippen molar-refractivity contribution in [3.8, 4) is 0 Å². The Balaban J connectivity index is 1.24. The fraction of sp³-hybridized carbons (Fsp3) is 0.478. The molecule has 3 heterocycles. The predicted molar refractivity (Wildman–Crippen MR) is 127 cm³/mol. The molecular formula is C23H29BrN4O2S. The summed E-state index contributed by atoms with van der Waals surface area (Å²) < 4.78 is 13.9. The molecule has 2 fully saturated rings. The number of nitrogen functional groups attached to an aromatic ring is 1. The first-order valence-corrected chi connectivity index (χ1v) is 12.9. The van der Waals surface area contributed by atoms with Crippen molar-refractivity contribution < 1.29 is 9.00 Å². The molecule has 1 atom stereocenters. The fourth-order valence-electron chi connectivity index (χ4n) is 4.50. The Labute approximate surface area is 194 Å². The van der Waals surface area contributed by atoms with E-state index in [9.17, 15) is 9.00 Å². The van der Waals surface area contributed by atoms with Gasteiger partial charge >= 0.3 is 0 Å². The molecule has 1 unspecified atom stereocenters. The van der Waals surface area contributed by atoms with E-state index in [0.717, 1.165) is 60.2 Å². The van der Waals surface area contributed by atoms with Crippen molar-refractivity contribution in [3.63, 3.8) is 0 Å². The first kappa shape index (κ1) is 22.4.